The van der Waals surface area contributed by atoms with Crippen molar-refractivity contribution in [3.8, 4) is 22.3 Å². The van der Waals surface area contributed by atoms with Crippen LogP contribution in [-0.4, -0.2) is 0 Å². The van der Waals surface area contributed by atoms with E-state index in [-0.39, 0.29) is 0 Å². The first-order valence-corrected chi connectivity index (χ1v) is 17.1. The van der Waals surface area contributed by atoms with E-state index in [0.717, 1.165) is 44.4 Å². The molecule has 0 aliphatic carbocycles. The van der Waals surface area contributed by atoms with Crippen molar-refractivity contribution in [2.45, 2.75) is 0 Å². The molecule has 9 aromatic carbocycles. The highest BCUT2D eigenvalue weighted by Gasteiger charge is 2.17. The Morgan fingerprint density at radius 3 is 1.68 bits per heavy atom. The minimum Gasteiger partial charge on any atom is -0.455 e. The first kappa shape index (κ1) is 28.4. The fourth-order valence-electron chi connectivity index (χ4n) is 7.52. The minimum absolute atomic E-state index is 0.887. The average molecular weight is 638 g/mol. The van der Waals surface area contributed by atoms with Crippen LogP contribution in [0, 0.1) is 0 Å². The Morgan fingerprint density at radius 1 is 0.320 bits per heavy atom. The molecule has 2 heteroatoms. The molecule has 0 fully saturated rings. The van der Waals surface area contributed by atoms with E-state index >= 15 is 0 Å². The summed E-state index contributed by atoms with van der Waals surface area (Å²) in [6, 6.07) is 67.6. The Bertz CT molecular complexity index is 2860. The smallest absolute Gasteiger partial charge is 0.143 e. The summed E-state index contributed by atoms with van der Waals surface area (Å²) >= 11 is 0. The maximum Gasteiger partial charge on any atom is 0.143 e. The fourth-order valence-corrected chi connectivity index (χ4v) is 7.52. The van der Waals surface area contributed by atoms with Crippen molar-refractivity contribution in [2.24, 2.45) is 0 Å². The molecule has 0 bridgehead atoms. The molecular weight excluding hydrogens is 607 g/mol. The average Bonchev–Trinajstić information content (AvgIpc) is 3.57. The van der Waals surface area contributed by atoms with Crippen molar-refractivity contribution in [1.82, 2.24) is 0 Å². The van der Waals surface area contributed by atoms with Crippen LogP contribution >= 0.6 is 0 Å². The van der Waals surface area contributed by atoms with Crippen molar-refractivity contribution in [1.29, 1.82) is 0 Å². The van der Waals surface area contributed by atoms with Gasteiger partial charge in [0.1, 0.15) is 11.2 Å². The van der Waals surface area contributed by atoms with Gasteiger partial charge in [-0.05, 0) is 104 Å². The largest absolute Gasteiger partial charge is 0.455 e. The van der Waals surface area contributed by atoms with Crippen LogP contribution in [0.2, 0.25) is 0 Å². The lowest BCUT2D eigenvalue weighted by Gasteiger charge is -2.26. The van der Waals surface area contributed by atoms with Gasteiger partial charge in [-0.3, -0.25) is 0 Å². The molecule has 0 spiro atoms. The topological polar surface area (TPSA) is 16.4 Å². The summed E-state index contributed by atoms with van der Waals surface area (Å²) in [5.74, 6) is 0. The lowest BCUT2D eigenvalue weighted by atomic mass is 9.98. The van der Waals surface area contributed by atoms with Gasteiger partial charge in [-0.2, -0.15) is 0 Å². The maximum absolute atomic E-state index is 6.49. The summed E-state index contributed by atoms with van der Waals surface area (Å²) in [5, 5.41) is 9.54. The third-order valence-electron chi connectivity index (χ3n) is 10.0. The van der Waals surface area contributed by atoms with Gasteiger partial charge < -0.3 is 9.32 Å². The van der Waals surface area contributed by atoms with Gasteiger partial charge in [-0.25, -0.2) is 0 Å². The molecule has 0 unspecified atom stereocenters. The highest BCUT2D eigenvalue weighted by atomic mass is 16.3. The van der Waals surface area contributed by atoms with Crippen LogP contribution in [0.1, 0.15) is 0 Å². The number of rotatable bonds is 5. The summed E-state index contributed by atoms with van der Waals surface area (Å²) in [5.41, 5.74) is 9.90. The predicted octanol–water partition coefficient (Wildman–Crippen LogP) is 13.8. The SMILES string of the molecule is c1ccc2cc(-c3ccc(N(c4ccc(-c5cccc6ccccc56)cc4)c4ccc5oc6c7ccccc7ccc6c5c4)cc3)ccc2c1. The lowest BCUT2D eigenvalue weighted by Crippen LogP contribution is -2.09. The summed E-state index contributed by atoms with van der Waals surface area (Å²) < 4.78 is 6.49. The molecule has 0 aliphatic rings. The number of hydrogen-bond acceptors (Lipinski definition) is 2. The molecule has 0 N–H and O–H groups in total. The van der Waals surface area contributed by atoms with Crippen molar-refractivity contribution >= 4 is 71.3 Å². The molecule has 1 aromatic heterocycles. The van der Waals surface area contributed by atoms with Gasteiger partial charge in [0.15, 0.2) is 0 Å². The second kappa shape index (κ2) is 11.5. The third-order valence-corrected chi connectivity index (χ3v) is 10.0. The zero-order chi connectivity index (χ0) is 33.0. The molecule has 0 amide bonds. The molecular formula is C48H31NO. The summed E-state index contributed by atoms with van der Waals surface area (Å²) in [6.45, 7) is 0. The molecule has 10 aromatic rings. The molecule has 10 rings (SSSR count). The zero-order valence-corrected chi connectivity index (χ0v) is 27.3. The van der Waals surface area contributed by atoms with Crippen molar-refractivity contribution in [3.05, 3.63) is 188 Å². The van der Waals surface area contributed by atoms with Gasteiger partial charge in [-0.15, -0.1) is 0 Å². The molecule has 0 aliphatic heterocycles. The zero-order valence-electron chi connectivity index (χ0n) is 27.3. The Kier molecular flexibility index (Phi) is 6.53. The Morgan fingerprint density at radius 2 is 0.900 bits per heavy atom. The lowest BCUT2D eigenvalue weighted by molar-refractivity contribution is 0.672. The number of anilines is 3. The van der Waals surface area contributed by atoms with Gasteiger partial charge >= 0.3 is 0 Å². The van der Waals surface area contributed by atoms with Gasteiger partial charge in [0.25, 0.3) is 0 Å². The van der Waals surface area contributed by atoms with Crippen LogP contribution in [0.25, 0.3) is 76.5 Å². The number of benzene rings is 9. The second-order valence-electron chi connectivity index (χ2n) is 13.0. The summed E-state index contributed by atoms with van der Waals surface area (Å²) in [4.78, 5) is 2.34. The summed E-state index contributed by atoms with van der Waals surface area (Å²) in [7, 11) is 0. The first-order chi connectivity index (χ1) is 24.8. The normalized spacial score (nSPS) is 11.6. The van der Waals surface area contributed by atoms with E-state index in [1.807, 2.05) is 0 Å². The molecule has 234 valence electrons. The van der Waals surface area contributed by atoms with E-state index < -0.39 is 0 Å². The fraction of sp³-hybridized carbons (Fsp3) is 0. The van der Waals surface area contributed by atoms with E-state index in [2.05, 4.69) is 193 Å². The van der Waals surface area contributed by atoms with E-state index in [9.17, 15) is 0 Å². The van der Waals surface area contributed by atoms with Crippen molar-refractivity contribution < 1.29 is 4.42 Å². The van der Waals surface area contributed by atoms with Gasteiger partial charge in [0.05, 0.1) is 0 Å². The Balaban J connectivity index is 1.10. The highest BCUT2D eigenvalue weighted by Crippen LogP contribution is 2.41. The van der Waals surface area contributed by atoms with E-state index in [1.165, 1.54) is 49.2 Å². The molecule has 0 saturated carbocycles. The maximum atomic E-state index is 6.49. The highest BCUT2D eigenvalue weighted by molar-refractivity contribution is 6.15. The Hall–Kier alpha value is -6.64. The van der Waals surface area contributed by atoms with Crippen LogP contribution in [0.3, 0.4) is 0 Å². The number of nitrogens with zero attached hydrogens (tertiary/aromatic N) is 1. The van der Waals surface area contributed by atoms with E-state index in [1.54, 1.807) is 0 Å². The van der Waals surface area contributed by atoms with Crippen LogP contribution in [0.4, 0.5) is 17.1 Å². The number of hydrogen-bond donors (Lipinski definition) is 0. The van der Waals surface area contributed by atoms with Crippen LogP contribution < -0.4 is 4.90 Å². The van der Waals surface area contributed by atoms with Crippen LogP contribution in [-0.2, 0) is 0 Å². The second-order valence-corrected chi connectivity index (χ2v) is 13.0. The van der Waals surface area contributed by atoms with Gasteiger partial charge in [-0.1, -0.05) is 133 Å². The van der Waals surface area contributed by atoms with E-state index in [0.29, 0.717) is 0 Å². The molecule has 0 saturated heterocycles. The van der Waals surface area contributed by atoms with E-state index in [4.69, 9.17) is 4.42 Å². The van der Waals surface area contributed by atoms with Gasteiger partial charge in [0, 0.05) is 33.2 Å². The molecule has 0 atom stereocenters. The molecule has 0 radical (unpaired) electrons. The van der Waals surface area contributed by atoms with Crippen molar-refractivity contribution in [3.63, 3.8) is 0 Å². The van der Waals surface area contributed by atoms with Gasteiger partial charge in [0.2, 0.25) is 0 Å². The summed E-state index contributed by atoms with van der Waals surface area (Å²) in [6.07, 6.45) is 0. The van der Waals surface area contributed by atoms with Crippen molar-refractivity contribution in [2.75, 3.05) is 4.90 Å². The Labute approximate surface area is 290 Å². The molecule has 2 nitrogen and oxygen atoms in total. The van der Waals surface area contributed by atoms with Crippen LogP contribution in [0.15, 0.2) is 192 Å². The first-order valence-electron chi connectivity index (χ1n) is 17.1. The number of fused-ring (bicyclic) bond motifs is 7. The van der Waals surface area contributed by atoms with Crippen LogP contribution in [0.5, 0.6) is 0 Å². The standard InChI is InChI=1S/C48H31NO/c1-2-11-37-30-38(17-16-32(37)8-1)33-18-23-39(24-19-33)49(40-25-20-36(21-26-40)43-15-7-12-34-9-3-5-13-42(34)43)41-27-29-47-46(31-41)45-28-22-35-10-4-6-14-44(35)48(45)50-47/h1-31H. The monoisotopic (exact) mass is 637 g/mol. The minimum atomic E-state index is 0.887. The molecule has 1 heterocycles. The molecule has 50 heavy (non-hydrogen) atoms. The predicted molar refractivity (Wildman–Crippen MR) is 212 cm³/mol. The number of furan rings is 1. The quantitative estimate of drug-likeness (QED) is 0.187. The third kappa shape index (κ3) is 4.73.